The maximum atomic E-state index is 14.0. The minimum absolute atomic E-state index is 0.0176. The highest BCUT2D eigenvalue weighted by Crippen LogP contribution is 2.35. The molecule has 0 spiro atoms. The first-order chi connectivity index (χ1) is 17.0. The van der Waals surface area contributed by atoms with Crippen LogP contribution >= 0.6 is 0 Å². The van der Waals surface area contributed by atoms with E-state index >= 15 is 0 Å². The number of aliphatic hydroxyl groups is 1. The van der Waals surface area contributed by atoms with Gasteiger partial charge in [-0.25, -0.2) is 0 Å². The molecule has 0 bridgehead atoms. The molecule has 190 valence electrons. The van der Waals surface area contributed by atoms with Gasteiger partial charge >= 0.3 is 0 Å². The van der Waals surface area contributed by atoms with Crippen molar-refractivity contribution in [1.29, 1.82) is 0 Å². The summed E-state index contributed by atoms with van der Waals surface area (Å²) in [7, 11) is 4.90. The Labute approximate surface area is 208 Å². The number of hydrogen-bond acceptors (Lipinski definition) is 7. The number of benzene rings is 2. The normalized spacial score (nSPS) is 14.9. The summed E-state index contributed by atoms with van der Waals surface area (Å²) in [5.74, 6) is 0.951. The van der Waals surface area contributed by atoms with E-state index in [1.165, 1.54) is 0 Å². The first-order valence-electron chi connectivity index (χ1n) is 12.1. The summed E-state index contributed by atoms with van der Waals surface area (Å²) >= 11 is 0. The average molecular weight is 484 g/mol. The molecule has 1 aliphatic rings. The Hall–Kier alpha value is -3.10. The molecule has 1 aliphatic heterocycles. The maximum absolute atomic E-state index is 14.0. The molecule has 0 saturated carbocycles. The number of nitrogens with zero attached hydrogens (tertiary/aromatic N) is 3. The van der Waals surface area contributed by atoms with Gasteiger partial charge in [0.05, 0.1) is 31.5 Å². The molecule has 1 amide bonds. The van der Waals surface area contributed by atoms with E-state index in [0.29, 0.717) is 35.5 Å². The lowest BCUT2D eigenvalue weighted by molar-refractivity contribution is 0.0712. The zero-order valence-corrected chi connectivity index (χ0v) is 21.2. The minimum Gasteiger partial charge on any atom is -0.493 e. The Balaban J connectivity index is 1.98. The number of aliphatic hydroxyl groups excluding tert-OH is 1. The number of methoxy groups -OCH3 is 2. The molecule has 3 rings (SSSR count). The standard InChI is InChI=1S/C27H37N3O5/c1-5-29-13-15-30(16-14-29)23-9-6-8-21(19-32)26(23)27(33)28(2)22(10-7-17-31)20-11-12-24(34-3)25(18-20)35-4/h6,8-9,11-12,18-19,22,31H,5,7,10,13-17H2,1-4H3/t22-/m1/s1. The third-order valence-corrected chi connectivity index (χ3v) is 6.79. The smallest absolute Gasteiger partial charge is 0.256 e. The molecule has 0 aliphatic carbocycles. The predicted octanol–water partition coefficient (Wildman–Crippen LogP) is 3.24. The van der Waals surface area contributed by atoms with Gasteiger partial charge in [0.25, 0.3) is 5.91 Å². The number of carbonyl (C=O) groups excluding carboxylic acids is 2. The Morgan fingerprint density at radius 2 is 1.83 bits per heavy atom. The third-order valence-electron chi connectivity index (χ3n) is 6.79. The molecule has 1 N–H and O–H groups in total. The van der Waals surface area contributed by atoms with Gasteiger partial charge in [0.2, 0.25) is 0 Å². The van der Waals surface area contributed by atoms with Crippen molar-refractivity contribution < 1.29 is 24.2 Å². The van der Waals surface area contributed by atoms with Crippen LogP contribution < -0.4 is 14.4 Å². The van der Waals surface area contributed by atoms with Crippen molar-refractivity contribution in [2.45, 2.75) is 25.8 Å². The van der Waals surface area contributed by atoms with E-state index in [1.807, 2.05) is 30.3 Å². The lowest BCUT2D eigenvalue weighted by Gasteiger charge is -2.37. The Morgan fingerprint density at radius 3 is 2.43 bits per heavy atom. The minimum atomic E-state index is -0.320. The van der Waals surface area contributed by atoms with Gasteiger partial charge in [-0.2, -0.15) is 0 Å². The first-order valence-corrected chi connectivity index (χ1v) is 12.1. The van der Waals surface area contributed by atoms with Gasteiger partial charge in [0.15, 0.2) is 17.8 Å². The van der Waals surface area contributed by atoms with Crippen molar-refractivity contribution in [2.75, 3.05) is 65.5 Å². The van der Waals surface area contributed by atoms with E-state index in [1.54, 1.807) is 32.2 Å². The number of anilines is 1. The number of aldehydes is 1. The fourth-order valence-electron chi connectivity index (χ4n) is 4.70. The highest BCUT2D eigenvalue weighted by Gasteiger charge is 2.29. The largest absolute Gasteiger partial charge is 0.493 e. The summed E-state index contributed by atoms with van der Waals surface area (Å²) in [6.07, 6.45) is 1.84. The van der Waals surface area contributed by atoms with Crippen LogP contribution in [-0.2, 0) is 0 Å². The molecule has 0 unspecified atom stereocenters. The van der Waals surface area contributed by atoms with Crippen LogP contribution in [0.2, 0.25) is 0 Å². The quantitative estimate of drug-likeness (QED) is 0.491. The van der Waals surface area contributed by atoms with Crippen molar-refractivity contribution in [1.82, 2.24) is 9.80 Å². The summed E-state index contributed by atoms with van der Waals surface area (Å²) in [6, 6.07) is 10.7. The van der Waals surface area contributed by atoms with E-state index in [0.717, 1.165) is 50.3 Å². The number of carbonyl (C=O) groups is 2. The van der Waals surface area contributed by atoms with Crippen LogP contribution in [0.15, 0.2) is 36.4 Å². The maximum Gasteiger partial charge on any atom is 0.256 e. The topological polar surface area (TPSA) is 82.6 Å². The number of rotatable bonds is 11. The van der Waals surface area contributed by atoms with Crippen molar-refractivity contribution in [2.24, 2.45) is 0 Å². The second kappa shape index (κ2) is 12.6. The number of piperazine rings is 1. The van der Waals surface area contributed by atoms with Gasteiger partial charge in [-0.15, -0.1) is 0 Å². The fraction of sp³-hybridized carbons (Fsp3) is 0.481. The first kappa shape index (κ1) is 26.5. The molecular weight excluding hydrogens is 446 g/mol. The summed E-state index contributed by atoms with van der Waals surface area (Å²) in [6.45, 7) is 6.57. The van der Waals surface area contributed by atoms with Gasteiger partial charge in [0, 0.05) is 45.4 Å². The predicted molar refractivity (Wildman–Crippen MR) is 137 cm³/mol. The second-order valence-electron chi connectivity index (χ2n) is 8.69. The molecule has 35 heavy (non-hydrogen) atoms. The van der Waals surface area contributed by atoms with Crippen LogP contribution in [0.1, 0.15) is 52.1 Å². The number of likely N-dealkylation sites (N-methyl/N-ethyl adjacent to an activating group) is 1. The highest BCUT2D eigenvalue weighted by atomic mass is 16.5. The van der Waals surface area contributed by atoms with E-state index in [2.05, 4.69) is 16.7 Å². The zero-order valence-electron chi connectivity index (χ0n) is 21.2. The second-order valence-corrected chi connectivity index (χ2v) is 8.69. The molecule has 2 aromatic carbocycles. The third kappa shape index (κ3) is 5.94. The molecule has 0 radical (unpaired) electrons. The van der Waals surface area contributed by atoms with Crippen LogP contribution in [-0.4, -0.2) is 87.7 Å². The number of ether oxygens (including phenoxy) is 2. The van der Waals surface area contributed by atoms with E-state index < -0.39 is 0 Å². The molecule has 1 fully saturated rings. The van der Waals surface area contributed by atoms with Crippen LogP contribution in [0.3, 0.4) is 0 Å². The highest BCUT2D eigenvalue weighted by molar-refractivity contribution is 6.06. The zero-order chi connectivity index (χ0) is 25.4. The van der Waals surface area contributed by atoms with Gasteiger partial charge < -0.3 is 29.3 Å². The lowest BCUT2D eigenvalue weighted by atomic mass is 9.97. The summed E-state index contributed by atoms with van der Waals surface area (Å²) in [5, 5.41) is 9.52. The fourth-order valence-corrected chi connectivity index (χ4v) is 4.70. The van der Waals surface area contributed by atoms with Gasteiger partial charge in [-0.1, -0.05) is 25.1 Å². The number of hydrogen-bond donors (Lipinski definition) is 1. The summed E-state index contributed by atoms with van der Waals surface area (Å²) in [5.41, 5.74) is 2.46. The molecule has 2 aromatic rings. The molecule has 8 heteroatoms. The van der Waals surface area contributed by atoms with Crippen LogP contribution in [0.25, 0.3) is 0 Å². The molecular formula is C27H37N3O5. The van der Waals surface area contributed by atoms with Crippen molar-refractivity contribution >= 4 is 17.9 Å². The Bertz CT molecular complexity index is 1000. The van der Waals surface area contributed by atoms with Crippen molar-refractivity contribution in [3.63, 3.8) is 0 Å². The molecule has 1 saturated heterocycles. The molecule has 8 nitrogen and oxygen atoms in total. The van der Waals surface area contributed by atoms with Crippen LogP contribution in [0, 0.1) is 0 Å². The summed E-state index contributed by atoms with van der Waals surface area (Å²) in [4.78, 5) is 32.2. The molecule has 1 heterocycles. The lowest BCUT2D eigenvalue weighted by Crippen LogP contribution is -2.47. The van der Waals surface area contributed by atoms with E-state index in [4.69, 9.17) is 9.47 Å². The van der Waals surface area contributed by atoms with Crippen molar-refractivity contribution in [3.05, 3.63) is 53.1 Å². The monoisotopic (exact) mass is 483 g/mol. The van der Waals surface area contributed by atoms with Gasteiger partial charge in [-0.05, 0) is 43.1 Å². The number of amides is 1. The molecule has 0 aromatic heterocycles. The summed E-state index contributed by atoms with van der Waals surface area (Å²) < 4.78 is 10.8. The SMILES string of the molecule is CCN1CCN(c2cccc(C=O)c2C(=O)N(C)[C@H](CCCO)c2ccc(OC)c(OC)c2)CC1. The van der Waals surface area contributed by atoms with Gasteiger partial charge in [0.1, 0.15) is 0 Å². The van der Waals surface area contributed by atoms with Crippen LogP contribution in [0.5, 0.6) is 11.5 Å². The van der Waals surface area contributed by atoms with E-state index in [-0.39, 0.29) is 18.6 Å². The van der Waals surface area contributed by atoms with Crippen molar-refractivity contribution in [3.8, 4) is 11.5 Å². The van der Waals surface area contributed by atoms with Crippen LogP contribution in [0.4, 0.5) is 5.69 Å². The molecule has 1 atom stereocenters. The van der Waals surface area contributed by atoms with E-state index in [9.17, 15) is 14.7 Å². The Morgan fingerprint density at radius 1 is 1.11 bits per heavy atom. The average Bonchev–Trinajstić information content (AvgIpc) is 2.92. The Kier molecular flexibility index (Phi) is 9.51. The van der Waals surface area contributed by atoms with Gasteiger partial charge in [-0.3, -0.25) is 9.59 Å².